The van der Waals surface area contributed by atoms with Gasteiger partial charge < -0.3 is 19.7 Å². The second kappa shape index (κ2) is 11.0. The second-order valence-corrected chi connectivity index (χ2v) is 8.29. The first-order valence-corrected chi connectivity index (χ1v) is 11.4. The number of nitrogens with zero attached hydrogens (tertiary/aromatic N) is 5. The smallest absolute Gasteiger partial charge is 0.143 e. The van der Waals surface area contributed by atoms with E-state index in [9.17, 15) is 4.79 Å². The molecule has 4 rings (SSSR count). The maximum absolute atomic E-state index is 11.3. The van der Waals surface area contributed by atoms with Gasteiger partial charge >= 0.3 is 0 Å². The standard InChI is InChI=1S/C26H30N6O3/c1-18(33)14-27-8-5-9-32(21-10-22(34-3)13-23(11-21)35-4)20-6-7-24-25(12-20)30-26(16-28-24)19-15-29-31(2)17-19/h6-7,10-13,15-17,27H,5,8-9,14H2,1-4H3. The molecule has 0 aliphatic heterocycles. The van der Waals surface area contributed by atoms with Crippen molar-refractivity contribution in [1.82, 2.24) is 25.1 Å². The number of hydrogen-bond donors (Lipinski definition) is 1. The maximum atomic E-state index is 11.3. The molecular formula is C26H30N6O3. The third-order valence-electron chi connectivity index (χ3n) is 5.60. The van der Waals surface area contributed by atoms with E-state index >= 15 is 0 Å². The van der Waals surface area contributed by atoms with Crippen LogP contribution in [0.5, 0.6) is 11.5 Å². The number of rotatable bonds is 11. The molecule has 35 heavy (non-hydrogen) atoms. The molecule has 2 heterocycles. The normalized spacial score (nSPS) is 11.0. The number of anilines is 2. The Bertz CT molecular complexity index is 1300. The van der Waals surface area contributed by atoms with Crippen LogP contribution < -0.4 is 19.7 Å². The highest BCUT2D eigenvalue weighted by Gasteiger charge is 2.14. The Labute approximate surface area is 204 Å². The van der Waals surface area contributed by atoms with E-state index in [1.165, 1.54) is 0 Å². The van der Waals surface area contributed by atoms with Crippen molar-refractivity contribution in [2.45, 2.75) is 13.3 Å². The molecule has 0 saturated heterocycles. The summed E-state index contributed by atoms with van der Waals surface area (Å²) in [5.74, 6) is 1.54. The molecular weight excluding hydrogens is 444 g/mol. The van der Waals surface area contributed by atoms with E-state index in [0.29, 0.717) is 24.6 Å². The average Bonchev–Trinajstić information content (AvgIpc) is 3.31. The molecule has 0 spiro atoms. The first kappa shape index (κ1) is 24.2. The molecule has 0 atom stereocenters. The van der Waals surface area contributed by atoms with Crippen LogP contribution in [-0.4, -0.2) is 59.4 Å². The first-order valence-electron chi connectivity index (χ1n) is 11.4. The molecule has 4 aromatic rings. The molecule has 0 unspecified atom stereocenters. The molecule has 0 radical (unpaired) electrons. The third-order valence-corrected chi connectivity index (χ3v) is 5.60. The van der Waals surface area contributed by atoms with Crippen LogP contribution in [0.4, 0.5) is 11.4 Å². The largest absolute Gasteiger partial charge is 0.497 e. The summed E-state index contributed by atoms with van der Waals surface area (Å²) < 4.78 is 12.8. The van der Waals surface area contributed by atoms with Gasteiger partial charge in [-0.05, 0) is 38.1 Å². The minimum absolute atomic E-state index is 0.122. The summed E-state index contributed by atoms with van der Waals surface area (Å²) in [6.45, 7) is 3.38. The number of methoxy groups -OCH3 is 2. The molecule has 182 valence electrons. The topological polar surface area (TPSA) is 94.4 Å². The van der Waals surface area contributed by atoms with Crippen molar-refractivity contribution in [2.24, 2.45) is 7.05 Å². The van der Waals surface area contributed by atoms with Crippen LogP contribution in [0.3, 0.4) is 0 Å². The number of Topliss-reactive ketones (excluding diaryl/α,β-unsaturated/α-hetero) is 1. The van der Waals surface area contributed by atoms with E-state index < -0.39 is 0 Å². The fourth-order valence-electron chi connectivity index (χ4n) is 3.84. The van der Waals surface area contributed by atoms with Gasteiger partial charge in [0.2, 0.25) is 0 Å². The molecule has 0 aliphatic carbocycles. The molecule has 0 fully saturated rings. The van der Waals surface area contributed by atoms with E-state index in [0.717, 1.165) is 46.6 Å². The number of aromatic nitrogens is 4. The summed E-state index contributed by atoms with van der Waals surface area (Å²) in [5, 5.41) is 7.43. The number of carbonyl (C=O) groups excluding carboxylic acids is 1. The lowest BCUT2D eigenvalue weighted by molar-refractivity contribution is -0.116. The highest BCUT2D eigenvalue weighted by molar-refractivity contribution is 5.82. The van der Waals surface area contributed by atoms with Crippen molar-refractivity contribution < 1.29 is 14.3 Å². The molecule has 9 heteroatoms. The van der Waals surface area contributed by atoms with Gasteiger partial charge in [-0.3, -0.25) is 14.5 Å². The Morgan fingerprint density at radius 2 is 1.80 bits per heavy atom. The van der Waals surface area contributed by atoms with E-state index in [1.807, 2.05) is 49.6 Å². The summed E-state index contributed by atoms with van der Waals surface area (Å²) in [5.41, 5.74) is 5.19. The quantitative estimate of drug-likeness (QED) is 0.329. The number of ether oxygens (including phenoxy) is 2. The van der Waals surface area contributed by atoms with Gasteiger partial charge in [0.25, 0.3) is 0 Å². The molecule has 2 aromatic heterocycles. The van der Waals surface area contributed by atoms with Crippen molar-refractivity contribution >= 4 is 28.2 Å². The van der Waals surface area contributed by atoms with E-state index in [1.54, 1.807) is 38.2 Å². The van der Waals surface area contributed by atoms with Crippen molar-refractivity contribution in [2.75, 3.05) is 38.8 Å². The minimum Gasteiger partial charge on any atom is -0.497 e. The van der Waals surface area contributed by atoms with Gasteiger partial charge in [-0.15, -0.1) is 0 Å². The Balaban J connectivity index is 1.69. The van der Waals surface area contributed by atoms with Crippen LogP contribution in [0.25, 0.3) is 22.3 Å². The highest BCUT2D eigenvalue weighted by Crippen LogP contribution is 2.34. The number of benzene rings is 2. The Morgan fingerprint density at radius 1 is 1.03 bits per heavy atom. The van der Waals surface area contributed by atoms with E-state index in [2.05, 4.69) is 20.3 Å². The lowest BCUT2D eigenvalue weighted by Crippen LogP contribution is -2.26. The van der Waals surface area contributed by atoms with Gasteiger partial charge in [0.15, 0.2) is 0 Å². The zero-order valence-corrected chi connectivity index (χ0v) is 20.5. The number of carbonyl (C=O) groups is 1. The van der Waals surface area contributed by atoms with Crippen LogP contribution in [-0.2, 0) is 11.8 Å². The SMILES string of the molecule is COc1cc(OC)cc(N(CCCNCC(C)=O)c2ccc3ncc(-c4cnn(C)c4)nc3c2)c1. The number of ketones is 1. The Hall–Kier alpha value is -3.98. The number of aryl methyl sites for hydroxylation is 1. The summed E-state index contributed by atoms with van der Waals surface area (Å²) in [6.07, 6.45) is 6.29. The van der Waals surface area contributed by atoms with Gasteiger partial charge in [-0.25, -0.2) is 4.98 Å². The number of hydrogen-bond acceptors (Lipinski definition) is 8. The first-order chi connectivity index (χ1) is 17.0. The fraction of sp³-hybridized carbons (Fsp3) is 0.308. The van der Waals surface area contributed by atoms with Crippen molar-refractivity contribution in [3.8, 4) is 22.8 Å². The zero-order valence-electron chi connectivity index (χ0n) is 20.5. The number of nitrogens with one attached hydrogen (secondary N) is 1. The summed E-state index contributed by atoms with van der Waals surface area (Å²) in [7, 11) is 5.15. The minimum atomic E-state index is 0.122. The van der Waals surface area contributed by atoms with Crippen molar-refractivity contribution in [3.05, 3.63) is 55.0 Å². The molecule has 9 nitrogen and oxygen atoms in total. The van der Waals surface area contributed by atoms with Crippen LogP contribution in [0.15, 0.2) is 55.0 Å². The second-order valence-electron chi connectivity index (χ2n) is 8.29. The predicted octanol–water partition coefficient (Wildman–Crippen LogP) is 3.75. The maximum Gasteiger partial charge on any atom is 0.143 e. The van der Waals surface area contributed by atoms with Gasteiger partial charge in [0.1, 0.15) is 17.3 Å². The summed E-state index contributed by atoms with van der Waals surface area (Å²) >= 11 is 0. The van der Waals surface area contributed by atoms with Crippen LogP contribution in [0.2, 0.25) is 0 Å². The zero-order chi connectivity index (χ0) is 24.8. The molecule has 0 bridgehead atoms. The fourth-order valence-corrected chi connectivity index (χ4v) is 3.84. The lowest BCUT2D eigenvalue weighted by atomic mass is 10.1. The lowest BCUT2D eigenvalue weighted by Gasteiger charge is -2.26. The highest BCUT2D eigenvalue weighted by atomic mass is 16.5. The van der Waals surface area contributed by atoms with E-state index in [-0.39, 0.29) is 5.78 Å². The van der Waals surface area contributed by atoms with Gasteiger partial charge in [0.05, 0.1) is 49.9 Å². The monoisotopic (exact) mass is 474 g/mol. The van der Waals surface area contributed by atoms with Crippen molar-refractivity contribution in [3.63, 3.8) is 0 Å². The number of fused-ring (bicyclic) bond motifs is 1. The van der Waals surface area contributed by atoms with Crippen molar-refractivity contribution in [1.29, 1.82) is 0 Å². The van der Waals surface area contributed by atoms with E-state index in [4.69, 9.17) is 14.5 Å². The molecule has 2 aromatic carbocycles. The molecule has 0 saturated carbocycles. The Morgan fingerprint density at radius 3 is 2.46 bits per heavy atom. The predicted molar refractivity (Wildman–Crippen MR) is 136 cm³/mol. The average molecular weight is 475 g/mol. The van der Waals surface area contributed by atoms with Gasteiger partial charge in [-0.2, -0.15) is 5.10 Å². The van der Waals surface area contributed by atoms with Crippen LogP contribution in [0, 0.1) is 0 Å². The summed E-state index contributed by atoms with van der Waals surface area (Å²) in [4.78, 5) is 22.9. The molecule has 0 aliphatic rings. The molecule has 1 N–H and O–H groups in total. The summed E-state index contributed by atoms with van der Waals surface area (Å²) in [6, 6.07) is 11.9. The van der Waals surface area contributed by atoms with Gasteiger partial charge in [0, 0.05) is 54.9 Å². The molecule has 0 amide bonds. The third kappa shape index (κ3) is 5.93. The van der Waals surface area contributed by atoms with Crippen LogP contribution in [0.1, 0.15) is 13.3 Å². The Kier molecular flexibility index (Phi) is 7.57. The van der Waals surface area contributed by atoms with Gasteiger partial charge in [-0.1, -0.05) is 0 Å². The van der Waals surface area contributed by atoms with Crippen LogP contribution >= 0.6 is 0 Å².